The van der Waals surface area contributed by atoms with Crippen LogP contribution in [0, 0.1) is 6.92 Å². The summed E-state index contributed by atoms with van der Waals surface area (Å²) in [6.07, 6.45) is 1.68. The fourth-order valence-electron chi connectivity index (χ4n) is 1.82. The summed E-state index contributed by atoms with van der Waals surface area (Å²) in [5.74, 6) is 0. The van der Waals surface area contributed by atoms with Gasteiger partial charge in [-0.15, -0.1) is 11.3 Å². The maximum atomic E-state index is 11.7. The van der Waals surface area contributed by atoms with Crippen molar-refractivity contribution >= 4 is 17.4 Å². The number of hydrogen-bond donors (Lipinski definition) is 1. The molecule has 0 spiro atoms. The number of thiazole rings is 1. The number of ether oxygens (including phenoxy) is 1. The van der Waals surface area contributed by atoms with Crippen LogP contribution in [0.15, 0.2) is 6.20 Å². The number of nitrogens with zero attached hydrogens (tertiary/aromatic N) is 2. The van der Waals surface area contributed by atoms with Crippen LogP contribution in [0.4, 0.5) is 4.79 Å². The molecule has 1 N–H and O–H groups in total. The van der Waals surface area contributed by atoms with Crippen LogP contribution >= 0.6 is 11.3 Å². The Morgan fingerprint density at radius 2 is 2.26 bits per heavy atom. The van der Waals surface area contributed by atoms with E-state index in [9.17, 15) is 4.79 Å². The van der Waals surface area contributed by atoms with Crippen molar-refractivity contribution in [3.63, 3.8) is 0 Å². The van der Waals surface area contributed by atoms with Crippen LogP contribution < -0.4 is 5.32 Å². The number of carbonyl (C=O) groups excluding carboxylic acids is 1. The van der Waals surface area contributed by atoms with Crippen LogP contribution in [0.2, 0.25) is 0 Å². The highest BCUT2D eigenvalue weighted by Crippen LogP contribution is 2.16. The molecule has 1 aliphatic heterocycles. The maximum Gasteiger partial charge on any atom is 0.410 e. The molecule has 19 heavy (non-hydrogen) atoms. The summed E-state index contributed by atoms with van der Waals surface area (Å²) < 4.78 is 5.31. The first-order valence-electron chi connectivity index (χ1n) is 6.46. The van der Waals surface area contributed by atoms with E-state index in [2.05, 4.69) is 10.3 Å². The molecule has 0 atom stereocenters. The highest BCUT2D eigenvalue weighted by Gasteiger charge is 2.33. The Hall–Kier alpha value is -1.14. The maximum absolute atomic E-state index is 11.7. The average Bonchev–Trinajstić information content (AvgIpc) is 2.59. The summed E-state index contributed by atoms with van der Waals surface area (Å²) in [5, 5.41) is 4.50. The van der Waals surface area contributed by atoms with E-state index in [4.69, 9.17) is 4.74 Å². The normalized spacial score (nSPS) is 16.3. The molecule has 0 aliphatic carbocycles. The first kappa shape index (κ1) is 14.3. The average molecular weight is 283 g/mol. The lowest BCUT2D eigenvalue weighted by Crippen LogP contribution is -2.60. The monoisotopic (exact) mass is 283 g/mol. The summed E-state index contributed by atoms with van der Waals surface area (Å²) in [7, 11) is 0. The van der Waals surface area contributed by atoms with E-state index in [0.29, 0.717) is 19.1 Å². The Bertz CT molecular complexity index is 447. The molecule has 2 heterocycles. The van der Waals surface area contributed by atoms with Crippen LogP contribution in [-0.2, 0) is 11.3 Å². The van der Waals surface area contributed by atoms with E-state index in [1.807, 2.05) is 33.9 Å². The van der Waals surface area contributed by atoms with E-state index in [1.54, 1.807) is 16.2 Å². The van der Waals surface area contributed by atoms with Crippen molar-refractivity contribution in [3.8, 4) is 0 Å². The Morgan fingerprint density at radius 3 is 2.79 bits per heavy atom. The van der Waals surface area contributed by atoms with Gasteiger partial charge in [0, 0.05) is 36.8 Å². The third-order valence-corrected chi connectivity index (χ3v) is 3.68. The van der Waals surface area contributed by atoms with Crippen molar-refractivity contribution in [3.05, 3.63) is 16.1 Å². The predicted octanol–water partition coefficient (Wildman–Crippen LogP) is 2.16. The van der Waals surface area contributed by atoms with Crippen LogP contribution in [0.1, 0.15) is 30.7 Å². The molecule has 1 aromatic rings. The van der Waals surface area contributed by atoms with Crippen molar-refractivity contribution in [2.45, 2.75) is 45.9 Å². The van der Waals surface area contributed by atoms with Crippen LogP contribution in [0.25, 0.3) is 0 Å². The molecular weight excluding hydrogens is 262 g/mol. The van der Waals surface area contributed by atoms with Gasteiger partial charge in [0.25, 0.3) is 0 Å². The van der Waals surface area contributed by atoms with Crippen molar-refractivity contribution < 1.29 is 9.53 Å². The third kappa shape index (κ3) is 4.18. The van der Waals surface area contributed by atoms with Crippen LogP contribution in [0.5, 0.6) is 0 Å². The Balaban J connectivity index is 1.67. The molecule has 106 valence electrons. The van der Waals surface area contributed by atoms with Crippen molar-refractivity contribution in [1.29, 1.82) is 0 Å². The summed E-state index contributed by atoms with van der Waals surface area (Å²) in [6, 6.07) is 0.356. The van der Waals surface area contributed by atoms with E-state index >= 15 is 0 Å². The van der Waals surface area contributed by atoms with E-state index < -0.39 is 5.60 Å². The largest absolute Gasteiger partial charge is 0.444 e. The summed E-state index contributed by atoms with van der Waals surface area (Å²) in [6.45, 7) is 9.89. The number of rotatable bonds is 3. The topological polar surface area (TPSA) is 54.5 Å². The molecule has 6 heteroatoms. The first-order chi connectivity index (χ1) is 8.83. The minimum atomic E-state index is -0.421. The zero-order valence-corrected chi connectivity index (χ0v) is 12.7. The Morgan fingerprint density at radius 1 is 1.58 bits per heavy atom. The molecule has 1 aromatic heterocycles. The lowest BCUT2D eigenvalue weighted by atomic mass is 10.1. The number of carbonyl (C=O) groups is 1. The molecule has 0 radical (unpaired) electrons. The van der Waals surface area contributed by atoms with Crippen molar-refractivity contribution in [1.82, 2.24) is 15.2 Å². The SMILES string of the molecule is Cc1ncc(CNC2CN(C(=O)OC(C)(C)C)C2)s1. The second-order valence-corrected chi connectivity index (χ2v) is 7.13. The molecule has 0 aromatic carbocycles. The molecular formula is C13H21N3O2S. The van der Waals surface area contributed by atoms with Gasteiger partial charge in [0.15, 0.2) is 0 Å². The molecule has 1 saturated heterocycles. The van der Waals surface area contributed by atoms with Gasteiger partial charge in [-0.05, 0) is 27.7 Å². The minimum Gasteiger partial charge on any atom is -0.444 e. The second kappa shape index (κ2) is 5.46. The van der Waals surface area contributed by atoms with Gasteiger partial charge >= 0.3 is 6.09 Å². The highest BCUT2D eigenvalue weighted by atomic mass is 32.1. The lowest BCUT2D eigenvalue weighted by molar-refractivity contribution is 0.00521. The molecule has 0 saturated carbocycles. The first-order valence-corrected chi connectivity index (χ1v) is 7.28. The van der Waals surface area contributed by atoms with E-state index in [1.165, 1.54) is 4.88 Å². The summed E-state index contributed by atoms with van der Waals surface area (Å²) in [4.78, 5) is 18.9. The van der Waals surface area contributed by atoms with Gasteiger partial charge in [-0.3, -0.25) is 0 Å². The Labute approximate surface area is 118 Å². The molecule has 1 aliphatic rings. The standard InChI is InChI=1S/C13H21N3O2S/c1-9-14-5-11(19-9)6-15-10-7-16(8-10)12(17)18-13(2,3)4/h5,10,15H,6-8H2,1-4H3. The zero-order chi connectivity index (χ0) is 14.0. The fraction of sp³-hybridized carbons (Fsp3) is 0.692. The van der Waals surface area contributed by atoms with Crippen LogP contribution in [0.3, 0.4) is 0 Å². The quantitative estimate of drug-likeness (QED) is 0.923. The van der Waals surface area contributed by atoms with Gasteiger partial charge in [-0.2, -0.15) is 0 Å². The van der Waals surface area contributed by atoms with Gasteiger partial charge < -0.3 is 15.0 Å². The zero-order valence-electron chi connectivity index (χ0n) is 11.9. The minimum absolute atomic E-state index is 0.223. The number of aryl methyl sites for hydroxylation is 1. The molecule has 1 fully saturated rings. The van der Waals surface area contributed by atoms with E-state index in [-0.39, 0.29) is 6.09 Å². The van der Waals surface area contributed by atoms with Gasteiger partial charge in [0.05, 0.1) is 5.01 Å². The van der Waals surface area contributed by atoms with Gasteiger partial charge in [0.2, 0.25) is 0 Å². The predicted molar refractivity (Wildman–Crippen MR) is 75.3 cm³/mol. The molecule has 5 nitrogen and oxygen atoms in total. The number of hydrogen-bond acceptors (Lipinski definition) is 5. The molecule has 2 rings (SSSR count). The van der Waals surface area contributed by atoms with E-state index in [0.717, 1.165) is 11.6 Å². The third-order valence-electron chi connectivity index (χ3n) is 2.77. The van der Waals surface area contributed by atoms with Crippen LogP contribution in [-0.4, -0.2) is 40.7 Å². The van der Waals surface area contributed by atoms with Crippen molar-refractivity contribution in [2.24, 2.45) is 0 Å². The molecule has 0 bridgehead atoms. The molecule has 0 unspecified atom stereocenters. The lowest BCUT2D eigenvalue weighted by Gasteiger charge is -2.40. The number of aromatic nitrogens is 1. The van der Waals surface area contributed by atoms with Gasteiger partial charge in [-0.1, -0.05) is 0 Å². The smallest absolute Gasteiger partial charge is 0.410 e. The highest BCUT2D eigenvalue weighted by molar-refractivity contribution is 7.11. The van der Waals surface area contributed by atoms with Crippen molar-refractivity contribution in [2.75, 3.05) is 13.1 Å². The van der Waals surface area contributed by atoms with Gasteiger partial charge in [0.1, 0.15) is 5.60 Å². The second-order valence-electron chi connectivity index (χ2n) is 5.81. The molecule has 1 amide bonds. The summed E-state index contributed by atoms with van der Waals surface area (Å²) in [5.41, 5.74) is -0.421. The fourth-order valence-corrected chi connectivity index (χ4v) is 2.56. The summed E-state index contributed by atoms with van der Waals surface area (Å²) >= 11 is 1.70. The number of nitrogens with one attached hydrogen (secondary N) is 1. The van der Waals surface area contributed by atoms with Gasteiger partial charge in [-0.25, -0.2) is 9.78 Å². The number of likely N-dealkylation sites (tertiary alicyclic amines) is 1. The Kier molecular flexibility index (Phi) is 4.10. The number of amides is 1.